The molecule has 290 valence electrons. The van der Waals surface area contributed by atoms with Gasteiger partial charge in [-0.3, -0.25) is 9.69 Å². The number of nitrogens with one attached hydrogen (secondary N) is 1. The Morgan fingerprint density at radius 2 is 1.40 bits per heavy atom. The van der Waals surface area contributed by atoms with Crippen molar-refractivity contribution < 1.29 is 45.5 Å². The van der Waals surface area contributed by atoms with Crippen LogP contribution >= 0.6 is 0 Å². The number of amides is 4. The van der Waals surface area contributed by atoms with E-state index in [1.54, 1.807) is 4.90 Å². The zero-order chi connectivity index (χ0) is 38.1. The highest BCUT2D eigenvalue weighted by atomic mass is 19.4. The van der Waals surface area contributed by atoms with Crippen molar-refractivity contribution in [3.8, 4) is 0 Å². The first kappa shape index (κ1) is 38.5. The first-order valence-corrected chi connectivity index (χ1v) is 18.0. The van der Waals surface area contributed by atoms with Crippen LogP contribution in [0.1, 0.15) is 47.9 Å². The summed E-state index contributed by atoms with van der Waals surface area (Å²) in [6.07, 6.45) is -11.1. The van der Waals surface area contributed by atoms with Gasteiger partial charge in [0.2, 0.25) is 0 Å². The Balaban J connectivity index is 1.16. The van der Waals surface area contributed by atoms with Gasteiger partial charge in [0.25, 0.3) is 5.91 Å². The van der Waals surface area contributed by atoms with E-state index in [0.29, 0.717) is 63.9 Å². The normalized spacial score (nSPS) is 20.8. The number of carbonyl (C=O) groups is 3. The lowest BCUT2D eigenvalue weighted by Crippen LogP contribution is -2.54. The fourth-order valence-corrected chi connectivity index (χ4v) is 7.83. The molecule has 3 saturated heterocycles. The Kier molecular flexibility index (Phi) is 11.3. The van der Waals surface area contributed by atoms with Crippen molar-refractivity contribution >= 4 is 29.4 Å². The number of piperidine rings is 2. The second kappa shape index (κ2) is 15.6. The van der Waals surface area contributed by atoms with Crippen LogP contribution in [0.3, 0.4) is 0 Å². The number of nitrogens with two attached hydrogens (primary N) is 1. The second-order valence-corrected chi connectivity index (χ2v) is 14.3. The molecule has 4 heterocycles. The molecule has 17 heteroatoms. The van der Waals surface area contributed by atoms with Gasteiger partial charge in [-0.25, -0.2) is 9.59 Å². The minimum absolute atomic E-state index is 0.163. The van der Waals surface area contributed by atoms with E-state index in [0.717, 1.165) is 37.4 Å². The lowest BCUT2D eigenvalue weighted by Gasteiger charge is -2.42. The zero-order valence-electron chi connectivity index (χ0n) is 29.5. The van der Waals surface area contributed by atoms with Crippen LogP contribution in [0.5, 0.6) is 0 Å². The number of benzene rings is 2. The molecule has 1 atom stereocenters. The molecular formula is C36H45F6N7O4. The Morgan fingerprint density at radius 1 is 0.830 bits per heavy atom. The highest BCUT2D eigenvalue weighted by Crippen LogP contribution is 2.42. The van der Waals surface area contributed by atoms with Crippen molar-refractivity contribution in [2.24, 2.45) is 0 Å². The van der Waals surface area contributed by atoms with Gasteiger partial charge in [-0.2, -0.15) is 26.3 Å². The molecule has 1 unspecified atom stereocenters. The van der Waals surface area contributed by atoms with E-state index in [9.17, 15) is 40.7 Å². The topological polar surface area (TPSA) is 115 Å². The van der Waals surface area contributed by atoms with Gasteiger partial charge in [0.1, 0.15) is 0 Å². The van der Waals surface area contributed by atoms with Gasteiger partial charge in [-0.1, -0.05) is 18.2 Å². The van der Waals surface area contributed by atoms with Crippen LogP contribution in [0.15, 0.2) is 36.4 Å². The lowest BCUT2D eigenvalue weighted by molar-refractivity contribution is -0.142. The molecule has 4 aliphatic rings. The zero-order valence-corrected chi connectivity index (χ0v) is 29.5. The standard InChI is InChI=1S/C36H45F6N7O4/c1-45-16-18-46(19-17-45)25-7-11-47(12-8-25)32(50)30(22-23-20-27(35(37,38)39)31(43)28(21-23)36(40,41)42)53-34(52)48-13-9-26(10-14-48)49-15-6-24-4-2-3-5-29(24)44-33(49)51/h2-5,20-21,25-26,30H,6-19,22,43H2,1H3,(H,44,51). The van der Waals surface area contributed by atoms with Crippen LogP contribution in [-0.2, 0) is 34.7 Å². The fourth-order valence-electron chi connectivity index (χ4n) is 7.83. The number of ether oxygens (including phenoxy) is 1. The van der Waals surface area contributed by atoms with Gasteiger partial charge in [-0.15, -0.1) is 0 Å². The van der Waals surface area contributed by atoms with Crippen molar-refractivity contribution in [3.05, 3.63) is 58.7 Å². The fraction of sp³-hybridized carbons (Fsp3) is 0.583. The SMILES string of the molecule is CN1CCN(C2CCN(C(=O)C(Cc3cc(C(F)(F)F)c(N)c(C(F)(F)F)c3)OC(=O)N3CCC(N4CCc5ccccc5NC4=O)CC3)CC2)CC1. The molecule has 2 aromatic carbocycles. The third-order valence-electron chi connectivity index (χ3n) is 10.9. The number of alkyl halides is 6. The number of hydrogen-bond acceptors (Lipinski definition) is 7. The summed E-state index contributed by atoms with van der Waals surface area (Å²) in [6, 6.07) is 8.26. The van der Waals surface area contributed by atoms with E-state index in [2.05, 4.69) is 15.1 Å². The predicted octanol–water partition coefficient (Wildman–Crippen LogP) is 5.15. The smallest absolute Gasteiger partial charge is 0.418 e. The number of likely N-dealkylation sites (N-methyl/N-ethyl adjacent to an activating group) is 1. The Bertz CT molecular complexity index is 1610. The Morgan fingerprint density at radius 3 is 2.00 bits per heavy atom. The number of para-hydroxylation sites is 1. The van der Waals surface area contributed by atoms with Crippen molar-refractivity contribution in [2.75, 3.05) is 77.0 Å². The maximum Gasteiger partial charge on any atom is 0.418 e. The number of fused-ring (bicyclic) bond motifs is 1. The van der Waals surface area contributed by atoms with Crippen LogP contribution in [-0.4, -0.2) is 127 Å². The third-order valence-corrected chi connectivity index (χ3v) is 10.9. The summed E-state index contributed by atoms with van der Waals surface area (Å²) in [5, 5.41) is 2.94. The summed E-state index contributed by atoms with van der Waals surface area (Å²) in [4.78, 5) is 49.8. The first-order chi connectivity index (χ1) is 25.1. The molecule has 0 spiro atoms. The molecule has 0 aromatic heterocycles. The maximum atomic E-state index is 14.0. The molecule has 4 amide bonds. The molecule has 53 heavy (non-hydrogen) atoms. The van der Waals surface area contributed by atoms with Gasteiger partial charge < -0.3 is 35.4 Å². The molecule has 2 aromatic rings. The van der Waals surface area contributed by atoms with E-state index in [1.165, 1.54) is 9.80 Å². The van der Waals surface area contributed by atoms with Crippen LogP contribution in [0.4, 0.5) is 47.3 Å². The second-order valence-electron chi connectivity index (χ2n) is 14.3. The van der Waals surface area contributed by atoms with Gasteiger partial charge in [0, 0.05) is 83.1 Å². The van der Waals surface area contributed by atoms with Gasteiger partial charge in [-0.05, 0) is 68.5 Å². The largest absolute Gasteiger partial charge is 0.436 e. The van der Waals surface area contributed by atoms with Crippen molar-refractivity contribution in [1.29, 1.82) is 0 Å². The number of nitrogen functional groups attached to an aromatic ring is 1. The number of piperazine rings is 1. The van der Waals surface area contributed by atoms with Gasteiger partial charge in [0.15, 0.2) is 6.10 Å². The molecule has 0 radical (unpaired) electrons. The first-order valence-electron chi connectivity index (χ1n) is 18.0. The third kappa shape index (κ3) is 8.94. The molecule has 0 bridgehead atoms. The average Bonchev–Trinajstić information content (AvgIpc) is 3.29. The highest BCUT2D eigenvalue weighted by Gasteiger charge is 2.42. The molecular weight excluding hydrogens is 708 g/mol. The van der Waals surface area contributed by atoms with Crippen LogP contribution in [0.2, 0.25) is 0 Å². The quantitative estimate of drug-likeness (QED) is 0.310. The Hall–Kier alpha value is -4.25. The number of anilines is 2. The molecule has 6 rings (SSSR count). The number of urea groups is 1. The number of likely N-dealkylation sites (tertiary alicyclic amines) is 2. The van der Waals surface area contributed by atoms with Crippen LogP contribution in [0, 0.1) is 0 Å². The summed E-state index contributed by atoms with van der Waals surface area (Å²) >= 11 is 0. The molecule has 0 saturated carbocycles. The predicted molar refractivity (Wildman–Crippen MR) is 184 cm³/mol. The molecule has 3 N–H and O–H groups in total. The van der Waals surface area contributed by atoms with Crippen LogP contribution < -0.4 is 11.1 Å². The van der Waals surface area contributed by atoms with E-state index in [-0.39, 0.29) is 31.2 Å². The molecule has 11 nitrogen and oxygen atoms in total. The Labute approximate surface area is 304 Å². The summed E-state index contributed by atoms with van der Waals surface area (Å²) in [5.74, 6) is -0.690. The van der Waals surface area contributed by atoms with Crippen molar-refractivity contribution in [3.63, 3.8) is 0 Å². The summed E-state index contributed by atoms with van der Waals surface area (Å²) in [7, 11) is 2.05. The van der Waals surface area contributed by atoms with E-state index >= 15 is 0 Å². The number of halogens is 6. The minimum atomic E-state index is -5.21. The molecule has 4 aliphatic heterocycles. The summed E-state index contributed by atoms with van der Waals surface area (Å²) in [5.41, 5.74) is 1.77. The molecule has 3 fully saturated rings. The van der Waals surface area contributed by atoms with Crippen LogP contribution in [0.25, 0.3) is 0 Å². The summed E-state index contributed by atoms with van der Waals surface area (Å²) in [6.45, 7) is 4.96. The van der Waals surface area contributed by atoms with Crippen molar-refractivity contribution in [1.82, 2.24) is 24.5 Å². The number of hydrogen-bond donors (Lipinski definition) is 2. The van der Waals surface area contributed by atoms with E-state index in [1.807, 2.05) is 31.3 Å². The maximum absolute atomic E-state index is 14.0. The van der Waals surface area contributed by atoms with Gasteiger partial charge >= 0.3 is 24.5 Å². The molecule has 0 aliphatic carbocycles. The summed E-state index contributed by atoms with van der Waals surface area (Å²) < 4.78 is 89.0. The van der Waals surface area contributed by atoms with Gasteiger partial charge in [0.05, 0.1) is 16.8 Å². The number of nitrogens with zero attached hydrogens (tertiary/aromatic N) is 5. The van der Waals surface area contributed by atoms with E-state index in [4.69, 9.17) is 10.5 Å². The minimum Gasteiger partial charge on any atom is -0.436 e. The average molecular weight is 754 g/mol. The highest BCUT2D eigenvalue weighted by molar-refractivity contribution is 5.91. The number of carbonyl (C=O) groups excluding carboxylic acids is 3. The van der Waals surface area contributed by atoms with Crippen molar-refractivity contribution in [2.45, 2.75) is 69.1 Å². The monoisotopic (exact) mass is 753 g/mol. The van der Waals surface area contributed by atoms with E-state index < -0.39 is 59.3 Å². The number of rotatable bonds is 6. The lowest BCUT2D eigenvalue weighted by atomic mass is 9.97.